The Morgan fingerprint density at radius 1 is 1.50 bits per heavy atom. The maximum absolute atomic E-state index is 11.3. The molecule has 16 heavy (non-hydrogen) atoms. The summed E-state index contributed by atoms with van der Waals surface area (Å²) in [6.07, 6.45) is 0.411. The predicted molar refractivity (Wildman–Crippen MR) is 69.5 cm³/mol. The topological polar surface area (TPSA) is 26.3 Å². The zero-order valence-corrected chi connectivity index (χ0v) is 11.6. The first-order chi connectivity index (χ1) is 7.58. The Morgan fingerprint density at radius 2 is 2.19 bits per heavy atom. The lowest BCUT2D eigenvalue weighted by molar-refractivity contribution is 0.485. The lowest BCUT2D eigenvalue weighted by Crippen LogP contribution is -1.87. The van der Waals surface area contributed by atoms with Crippen LogP contribution in [0, 0.1) is 0 Å². The van der Waals surface area contributed by atoms with Crippen molar-refractivity contribution in [2.45, 2.75) is 6.92 Å². The largest absolute Gasteiger partial charge is 0.555 e. The van der Waals surface area contributed by atoms with E-state index in [9.17, 15) is 4.57 Å². The van der Waals surface area contributed by atoms with Crippen LogP contribution in [0.5, 0.6) is 0 Å². The Hall–Kier alpha value is -0.270. The Kier molecular flexibility index (Phi) is 5.57. The van der Waals surface area contributed by atoms with E-state index in [0.717, 1.165) is 0 Å². The van der Waals surface area contributed by atoms with E-state index in [4.69, 9.17) is 39.3 Å². The molecule has 0 saturated carbocycles. The van der Waals surface area contributed by atoms with Gasteiger partial charge in [-0.05, 0) is 29.7 Å². The van der Waals surface area contributed by atoms with E-state index >= 15 is 0 Å². The van der Waals surface area contributed by atoms with Gasteiger partial charge in [-0.25, -0.2) is 0 Å². The Morgan fingerprint density at radius 3 is 2.69 bits per heavy atom. The van der Waals surface area contributed by atoms with Crippen LogP contribution in [-0.4, -0.2) is 6.16 Å². The molecule has 0 aliphatic rings. The van der Waals surface area contributed by atoms with Gasteiger partial charge in [-0.2, -0.15) is 0 Å². The second-order valence-corrected chi connectivity index (χ2v) is 5.38. The first kappa shape index (κ1) is 13.8. The Bertz CT molecular complexity index is 432. The van der Waals surface area contributed by atoms with Gasteiger partial charge in [-0.1, -0.05) is 34.8 Å². The van der Waals surface area contributed by atoms with Gasteiger partial charge in [0.2, 0.25) is 5.76 Å². The molecule has 1 aromatic carbocycles. The van der Waals surface area contributed by atoms with E-state index in [2.05, 4.69) is 0 Å². The summed E-state index contributed by atoms with van der Waals surface area (Å²) >= 11 is 17.3. The molecule has 0 saturated heterocycles. The van der Waals surface area contributed by atoms with Gasteiger partial charge < -0.3 is 0 Å². The minimum atomic E-state index is -1.76. The third-order valence-corrected chi connectivity index (χ3v) is 3.42. The van der Waals surface area contributed by atoms with Crippen LogP contribution < -0.4 is 0 Å². The summed E-state index contributed by atoms with van der Waals surface area (Å²) in [5.41, 5.74) is 1.77. The molecule has 86 valence electrons. The second kappa shape index (κ2) is 6.46. The summed E-state index contributed by atoms with van der Waals surface area (Å²) in [6, 6.07) is 4.89. The lowest BCUT2D eigenvalue weighted by Gasteiger charge is -2.03. The quantitative estimate of drug-likeness (QED) is 0.556. The molecule has 0 fully saturated rings. The second-order valence-electron chi connectivity index (χ2n) is 2.84. The van der Waals surface area contributed by atoms with E-state index < -0.39 is 8.03 Å². The van der Waals surface area contributed by atoms with Crippen LogP contribution in [0.4, 0.5) is 0 Å². The van der Waals surface area contributed by atoms with Gasteiger partial charge in [0.15, 0.2) is 6.16 Å². The number of halogens is 3. The monoisotopic (exact) mass is 297 g/mol. The molecule has 0 spiro atoms. The van der Waals surface area contributed by atoms with Crippen molar-refractivity contribution in [3.05, 3.63) is 39.3 Å². The van der Waals surface area contributed by atoms with Crippen molar-refractivity contribution < 1.29 is 9.09 Å². The van der Waals surface area contributed by atoms with Crippen LogP contribution in [0.2, 0.25) is 10.0 Å². The van der Waals surface area contributed by atoms with E-state index in [-0.39, 0.29) is 5.76 Å². The van der Waals surface area contributed by atoms with Crippen molar-refractivity contribution in [2.24, 2.45) is 0 Å². The number of hydrogen-bond acceptors (Lipinski definition) is 2. The van der Waals surface area contributed by atoms with Crippen molar-refractivity contribution in [3.63, 3.8) is 0 Å². The van der Waals surface area contributed by atoms with Gasteiger partial charge >= 0.3 is 8.03 Å². The molecule has 1 atom stereocenters. The standard InChI is InChI=1S/C10H9Cl3O2P/c1-2-16(14)15-10(6-11)8-4-3-7(12)5-9(8)13/h3-6H,2H2,1H3/q+1/b10-6+. The van der Waals surface area contributed by atoms with Crippen LogP contribution in [-0.2, 0) is 9.09 Å². The fraction of sp³-hybridized carbons (Fsp3) is 0.200. The van der Waals surface area contributed by atoms with Crippen molar-refractivity contribution >= 4 is 48.6 Å². The van der Waals surface area contributed by atoms with E-state index in [0.29, 0.717) is 21.8 Å². The van der Waals surface area contributed by atoms with Crippen molar-refractivity contribution in [2.75, 3.05) is 6.16 Å². The number of rotatable bonds is 4. The molecule has 1 unspecified atom stereocenters. The van der Waals surface area contributed by atoms with Gasteiger partial charge in [0.05, 0.1) is 10.6 Å². The fourth-order valence-corrected chi connectivity index (χ4v) is 2.22. The third-order valence-electron chi connectivity index (χ3n) is 1.75. The van der Waals surface area contributed by atoms with Gasteiger partial charge in [0, 0.05) is 10.6 Å². The van der Waals surface area contributed by atoms with Crippen molar-refractivity contribution in [3.8, 4) is 0 Å². The SMILES string of the molecule is CC[P+](=O)O/C(=C/Cl)c1ccc(Cl)cc1Cl. The predicted octanol–water partition coefficient (Wildman–Crippen LogP) is 5.31. The van der Waals surface area contributed by atoms with Crippen molar-refractivity contribution in [1.29, 1.82) is 0 Å². The van der Waals surface area contributed by atoms with E-state index in [1.54, 1.807) is 25.1 Å². The van der Waals surface area contributed by atoms with Crippen LogP contribution in [0.15, 0.2) is 23.7 Å². The zero-order chi connectivity index (χ0) is 12.1. The average molecular weight is 299 g/mol. The summed E-state index contributed by atoms with van der Waals surface area (Å²) in [5.74, 6) is 0.284. The molecule has 0 heterocycles. The highest BCUT2D eigenvalue weighted by Gasteiger charge is 2.20. The maximum Gasteiger partial charge on any atom is 0.555 e. The van der Waals surface area contributed by atoms with E-state index in [1.807, 2.05) is 0 Å². The van der Waals surface area contributed by atoms with Crippen LogP contribution in [0.25, 0.3) is 5.76 Å². The Balaban J connectivity index is 3.01. The minimum absolute atomic E-state index is 0.284. The number of benzene rings is 1. The molecule has 2 nitrogen and oxygen atoms in total. The molecule has 1 rings (SSSR count). The first-order valence-corrected chi connectivity index (χ1v) is 7.02. The summed E-state index contributed by atoms with van der Waals surface area (Å²) < 4.78 is 16.5. The minimum Gasteiger partial charge on any atom is -0.253 e. The average Bonchev–Trinajstić information content (AvgIpc) is 2.26. The highest BCUT2D eigenvalue weighted by Crippen LogP contribution is 2.35. The molecular formula is C10H9Cl3O2P+. The molecule has 1 aromatic rings. The summed E-state index contributed by atoms with van der Waals surface area (Å²) in [4.78, 5) is 0. The van der Waals surface area contributed by atoms with E-state index in [1.165, 1.54) is 5.54 Å². The van der Waals surface area contributed by atoms with Gasteiger partial charge in [-0.15, -0.1) is 0 Å². The molecule has 0 aromatic heterocycles. The first-order valence-electron chi connectivity index (χ1n) is 4.47. The molecule has 0 bridgehead atoms. The van der Waals surface area contributed by atoms with Gasteiger partial charge in [0.1, 0.15) is 0 Å². The van der Waals surface area contributed by atoms with Crippen LogP contribution in [0.3, 0.4) is 0 Å². The fourth-order valence-electron chi connectivity index (χ4n) is 0.991. The molecule has 0 aliphatic carbocycles. The summed E-state index contributed by atoms with van der Waals surface area (Å²) in [5, 5.41) is 0.918. The summed E-state index contributed by atoms with van der Waals surface area (Å²) in [6.45, 7) is 1.76. The normalized spacial score (nSPS) is 12.5. The van der Waals surface area contributed by atoms with Crippen molar-refractivity contribution in [1.82, 2.24) is 0 Å². The number of hydrogen-bond donors (Lipinski definition) is 0. The summed E-state index contributed by atoms with van der Waals surface area (Å²) in [7, 11) is -1.76. The molecule has 0 N–H and O–H groups in total. The lowest BCUT2D eigenvalue weighted by atomic mass is 10.2. The van der Waals surface area contributed by atoms with Gasteiger partial charge in [-0.3, -0.25) is 4.52 Å². The third kappa shape index (κ3) is 3.64. The Labute approximate surface area is 110 Å². The highest BCUT2D eigenvalue weighted by atomic mass is 35.5. The molecule has 0 amide bonds. The molecule has 0 aliphatic heterocycles. The molecule has 6 heteroatoms. The van der Waals surface area contributed by atoms with Crippen LogP contribution in [0.1, 0.15) is 12.5 Å². The zero-order valence-electron chi connectivity index (χ0n) is 8.41. The maximum atomic E-state index is 11.3. The highest BCUT2D eigenvalue weighted by molar-refractivity contribution is 7.39. The molecular weight excluding hydrogens is 289 g/mol. The smallest absolute Gasteiger partial charge is 0.253 e. The van der Waals surface area contributed by atoms with Gasteiger partial charge in [0.25, 0.3) is 0 Å². The molecule has 0 radical (unpaired) electrons. The van der Waals surface area contributed by atoms with Crippen LogP contribution >= 0.6 is 42.8 Å².